The van der Waals surface area contributed by atoms with Gasteiger partial charge >= 0.3 is 6.09 Å². The molecule has 0 spiro atoms. The summed E-state index contributed by atoms with van der Waals surface area (Å²) in [5.74, 6) is -2.61. The van der Waals surface area contributed by atoms with E-state index in [2.05, 4.69) is 45.7 Å². The minimum absolute atomic E-state index is 0.137. The average molecular weight is 741 g/mol. The molecule has 1 aliphatic carbocycles. The smallest absolute Gasteiger partial charge is 0.407 e. The van der Waals surface area contributed by atoms with Crippen molar-refractivity contribution < 1.29 is 33.5 Å². The lowest BCUT2D eigenvalue weighted by atomic mass is 9.82. The molecule has 2 fully saturated rings. The highest BCUT2D eigenvalue weighted by Gasteiger charge is 2.51. The summed E-state index contributed by atoms with van der Waals surface area (Å²) < 4.78 is 5.29. The van der Waals surface area contributed by atoms with E-state index in [0.717, 1.165) is 37.7 Å². The molecule has 13 heteroatoms. The molecular weight excluding hydrogens is 676 g/mol. The van der Waals surface area contributed by atoms with E-state index in [-0.39, 0.29) is 60.0 Å². The number of cyclic esters (lactones) is 1. The molecule has 13 nitrogen and oxygen atoms in total. The monoisotopic (exact) mass is 740 g/mol. The summed E-state index contributed by atoms with van der Waals surface area (Å²) in [4.78, 5) is 79.9. The zero-order chi connectivity index (χ0) is 39.1. The molecule has 296 valence electrons. The second-order valence-electron chi connectivity index (χ2n) is 16.1. The van der Waals surface area contributed by atoms with Crippen molar-refractivity contribution in [3.63, 3.8) is 0 Å². The van der Waals surface area contributed by atoms with Crippen LogP contribution in [0, 0.1) is 29.1 Å². The summed E-state index contributed by atoms with van der Waals surface area (Å²) in [5.41, 5.74) is 0.599. The number of carbonyl (C=O) groups is 6. The van der Waals surface area contributed by atoms with Crippen LogP contribution in [0.3, 0.4) is 0 Å². The molecule has 0 aromatic heterocycles. The highest BCUT2D eigenvalue weighted by molar-refractivity contribution is 5.94. The van der Waals surface area contributed by atoms with Gasteiger partial charge in [-0.05, 0) is 73.7 Å². The van der Waals surface area contributed by atoms with Crippen molar-refractivity contribution in [1.82, 2.24) is 31.9 Å². The van der Waals surface area contributed by atoms with Crippen molar-refractivity contribution in [2.45, 2.75) is 137 Å². The van der Waals surface area contributed by atoms with Gasteiger partial charge in [-0.1, -0.05) is 85.2 Å². The van der Waals surface area contributed by atoms with Crippen LogP contribution in [0.1, 0.15) is 112 Å². The van der Waals surface area contributed by atoms with Crippen molar-refractivity contribution in [2.24, 2.45) is 29.1 Å². The van der Waals surface area contributed by atoms with Crippen LogP contribution < -0.4 is 31.9 Å². The lowest BCUT2D eigenvalue weighted by Gasteiger charge is -2.33. The number of nitrogens with one attached hydrogen (secondary N) is 6. The van der Waals surface area contributed by atoms with Crippen LogP contribution in [0.25, 0.3) is 0 Å². The molecular formula is C40H64N6O7. The number of benzene rings is 1. The predicted molar refractivity (Wildman–Crippen MR) is 203 cm³/mol. The molecule has 5 atom stereocenters. The highest BCUT2D eigenvalue weighted by atomic mass is 16.5. The van der Waals surface area contributed by atoms with Gasteiger partial charge < -0.3 is 36.6 Å². The predicted octanol–water partition coefficient (Wildman–Crippen LogP) is 4.10. The van der Waals surface area contributed by atoms with Gasteiger partial charge in [-0.15, -0.1) is 0 Å². The average Bonchev–Trinajstić information content (AvgIpc) is 3.88. The van der Waals surface area contributed by atoms with E-state index >= 15 is 0 Å². The van der Waals surface area contributed by atoms with Gasteiger partial charge in [0.25, 0.3) is 0 Å². The number of amides is 6. The third-order valence-electron chi connectivity index (χ3n) is 10.2. The van der Waals surface area contributed by atoms with Crippen LogP contribution in [0.2, 0.25) is 0 Å². The van der Waals surface area contributed by atoms with Crippen LogP contribution in [-0.4, -0.2) is 72.9 Å². The number of ether oxygens (including phenoxy) is 1. The van der Waals surface area contributed by atoms with Crippen LogP contribution in [0.5, 0.6) is 0 Å². The van der Waals surface area contributed by atoms with E-state index in [1.807, 2.05) is 51.1 Å². The zero-order valence-electron chi connectivity index (χ0n) is 32.8. The van der Waals surface area contributed by atoms with Gasteiger partial charge in [-0.2, -0.15) is 0 Å². The van der Waals surface area contributed by atoms with Crippen molar-refractivity contribution in [3.05, 3.63) is 35.9 Å². The maximum atomic E-state index is 14.1. The molecule has 1 saturated carbocycles. The van der Waals surface area contributed by atoms with Crippen molar-refractivity contribution >= 4 is 35.6 Å². The number of hydrogen-bond donors (Lipinski definition) is 6. The third kappa shape index (κ3) is 14.3. The molecule has 53 heavy (non-hydrogen) atoms. The molecule has 1 aliphatic heterocycles. The first-order valence-electron chi connectivity index (χ1n) is 19.5. The van der Waals surface area contributed by atoms with Gasteiger partial charge in [0.2, 0.25) is 29.5 Å². The maximum Gasteiger partial charge on any atom is 0.407 e. The van der Waals surface area contributed by atoms with Crippen LogP contribution in [0.15, 0.2) is 30.3 Å². The largest absolute Gasteiger partial charge is 0.450 e. The fraction of sp³-hybridized carbons (Fsp3) is 0.700. The quantitative estimate of drug-likeness (QED) is 0.166. The van der Waals surface area contributed by atoms with Gasteiger partial charge in [-0.25, -0.2) is 4.79 Å². The topological polar surface area (TPSA) is 184 Å². The van der Waals surface area contributed by atoms with Gasteiger partial charge in [0.1, 0.15) is 18.1 Å². The molecule has 1 heterocycles. The first-order valence-corrected chi connectivity index (χ1v) is 19.5. The lowest BCUT2D eigenvalue weighted by molar-refractivity contribution is -0.134. The van der Waals surface area contributed by atoms with Gasteiger partial charge in [0, 0.05) is 25.0 Å². The molecule has 0 bridgehead atoms. The Labute approximate surface area is 315 Å². The van der Waals surface area contributed by atoms with E-state index in [4.69, 9.17) is 4.74 Å². The number of carbonyl (C=O) groups excluding carboxylic acids is 6. The summed E-state index contributed by atoms with van der Waals surface area (Å²) in [6.45, 7) is 14.3. The zero-order valence-corrected chi connectivity index (χ0v) is 32.8. The fourth-order valence-electron chi connectivity index (χ4n) is 6.89. The molecule has 0 radical (unpaired) electrons. The van der Waals surface area contributed by atoms with Crippen LogP contribution in [0.4, 0.5) is 4.79 Å². The van der Waals surface area contributed by atoms with E-state index < -0.39 is 42.0 Å². The highest BCUT2D eigenvalue weighted by Crippen LogP contribution is 2.55. The summed E-state index contributed by atoms with van der Waals surface area (Å²) >= 11 is 0. The SMILES string of the molecule is CC(C)C[C@H](NC(=O)[C@@H]1CC(=O)NCCCCCCOC(=O)N[C@@H](C(C)C)C(=O)N1)C1(C[C@@H](C)C(=O)N[C@H](C(=O)NCc2ccccc2)C(C)C)CC1. The normalized spacial score (nSPS) is 21.7. The Morgan fingerprint density at radius 1 is 0.868 bits per heavy atom. The van der Waals surface area contributed by atoms with E-state index in [0.29, 0.717) is 32.4 Å². The van der Waals surface area contributed by atoms with Crippen molar-refractivity contribution in [1.29, 1.82) is 0 Å². The van der Waals surface area contributed by atoms with E-state index in [1.165, 1.54) is 0 Å². The molecule has 3 rings (SSSR count). The third-order valence-corrected chi connectivity index (χ3v) is 10.2. The van der Waals surface area contributed by atoms with Gasteiger partial charge in [-0.3, -0.25) is 24.0 Å². The summed E-state index contributed by atoms with van der Waals surface area (Å²) in [6, 6.07) is 6.38. The summed E-state index contributed by atoms with van der Waals surface area (Å²) in [7, 11) is 0. The first kappa shape index (κ1) is 43.2. The number of alkyl carbamates (subject to hydrolysis) is 1. The molecule has 1 aromatic rings. The first-order chi connectivity index (χ1) is 25.1. The Morgan fingerprint density at radius 2 is 1.55 bits per heavy atom. The minimum atomic E-state index is -1.19. The Balaban J connectivity index is 1.74. The van der Waals surface area contributed by atoms with Gasteiger partial charge in [0.05, 0.1) is 13.0 Å². The summed E-state index contributed by atoms with van der Waals surface area (Å²) in [5, 5.41) is 17.4. The second-order valence-corrected chi connectivity index (χ2v) is 16.1. The summed E-state index contributed by atoms with van der Waals surface area (Å²) in [6.07, 6.45) is 4.82. The Hall–Kier alpha value is -4.16. The van der Waals surface area contributed by atoms with E-state index in [1.54, 1.807) is 13.8 Å². The Kier molecular flexibility index (Phi) is 17.1. The van der Waals surface area contributed by atoms with Crippen LogP contribution in [-0.2, 0) is 35.3 Å². The standard InChI is InChI=1S/C40H64N6O7/c1-25(2)21-31(40(17-18-40)23-28(7)35(48)45-33(26(3)4)37(50)42-24-29-15-11-10-12-16-29)44-36(49)30-22-32(47)41-19-13-8-9-14-20-53-39(52)46-34(27(5)6)38(51)43-30/h10-12,15-16,25-28,30-31,33-34H,8-9,13-14,17-24H2,1-7H3,(H,41,47)(H,42,50)(H,43,51)(H,44,49)(H,45,48)(H,46,52)/t28-,30+,31+,33+,34+/m1/s1. The number of hydrogen-bond acceptors (Lipinski definition) is 7. The lowest BCUT2D eigenvalue weighted by Crippen LogP contribution is -2.58. The van der Waals surface area contributed by atoms with Crippen molar-refractivity contribution in [3.8, 4) is 0 Å². The van der Waals surface area contributed by atoms with E-state index in [9.17, 15) is 28.8 Å². The number of rotatable bonds is 14. The Morgan fingerprint density at radius 3 is 2.17 bits per heavy atom. The molecule has 2 aliphatic rings. The van der Waals surface area contributed by atoms with Crippen molar-refractivity contribution in [2.75, 3.05) is 13.2 Å². The molecule has 6 amide bonds. The minimum Gasteiger partial charge on any atom is -0.450 e. The molecule has 6 N–H and O–H groups in total. The fourth-order valence-corrected chi connectivity index (χ4v) is 6.89. The molecule has 1 aromatic carbocycles. The Bertz CT molecular complexity index is 1380. The van der Waals surface area contributed by atoms with Gasteiger partial charge in [0.15, 0.2) is 0 Å². The van der Waals surface area contributed by atoms with Crippen LogP contribution >= 0.6 is 0 Å². The maximum absolute atomic E-state index is 14.1. The molecule has 0 unspecified atom stereocenters. The second kappa shape index (κ2) is 20.9. The molecule has 1 saturated heterocycles.